The summed E-state index contributed by atoms with van der Waals surface area (Å²) in [7, 11) is 2.09. The quantitative estimate of drug-likeness (QED) is 0.691. The molecular formula is C14H30N2O. The van der Waals surface area contributed by atoms with E-state index in [0.29, 0.717) is 12.0 Å². The minimum Gasteiger partial charge on any atom is -0.380 e. The van der Waals surface area contributed by atoms with Crippen molar-refractivity contribution in [3.8, 4) is 0 Å². The Morgan fingerprint density at radius 2 is 2.18 bits per heavy atom. The van der Waals surface area contributed by atoms with Crippen LogP contribution in [-0.2, 0) is 4.74 Å². The molecule has 0 bridgehead atoms. The highest BCUT2D eigenvalue weighted by Crippen LogP contribution is 2.19. The SMILES string of the molecule is CCC1CN(CCOCC(C)C)CCC1NC. The van der Waals surface area contributed by atoms with Crippen molar-refractivity contribution in [1.82, 2.24) is 10.2 Å². The highest BCUT2D eigenvalue weighted by molar-refractivity contribution is 4.83. The minimum absolute atomic E-state index is 0.647. The fourth-order valence-electron chi connectivity index (χ4n) is 2.62. The second kappa shape index (κ2) is 8.06. The van der Waals surface area contributed by atoms with Gasteiger partial charge in [-0.1, -0.05) is 27.2 Å². The number of rotatable bonds is 7. The van der Waals surface area contributed by atoms with Gasteiger partial charge in [-0.3, -0.25) is 0 Å². The highest BCUT2D eigenvalue weighted by atomic mass is 16.5. The lowest BCUT2D eigenvalue weighted by Crippen LogP contribution is -2.48. The van der Waals surface area contributed by atoms with E-state index in [9.17, 15) is 0 Å². The summed E-state index contributed by atoms with van der Waals surface area (Å²) < 4.78 is 5.66. The van der Waals surface area contributed by atoms with Crippen molar-refractivity contribution in [2.75, 3.05) is 39.9 Å². The van der Waals surface area contributed by atoms with E-state index in [4.69, 9.17) is 4.74 Å². The van der Waals surface area contributed by atoms with Crippen molar-refractivity contribution < 1.29 is 4.74 Å². The van der Waals surface area contributed by atoms with E-state index in [0.717, 1.165) is 25.7 Å². The summed E-state index contributed by atoms with van der Waals surface area (Å²) in [4.78, 5) is 2.56. The lowest BCUT2D eigenvalue weighted by molar-refractivity contribution is 0.0635. The number of hydrogen-bond acceptors (Lipinski definition) is 3. The van der Waals surface area contributed by atoms with E-state index in [2.05, 4.69) is 38.0 Å². The number of nitrogens with one attached hydrogen (secondary N) is 1. The van der Waals surface area contributed by atoms with Gasteiger partial charge in [0, 0.05) is 25.7 Å². The zero-order valence-electron chi connectivity index (χ0n) is 12.0. The average molecular weight is 242 g/mol. The normalized spacial score (nSPS) is 26.6. The van der Waals surface area contributed by atoms with Crippen LogP contribution in [0.3, 0.4) is 0 Å². The largest absolute Gasteiger partial charge is 0.380 e. The lowest BCUT2D eigenvalue weighted by atomic mass is 9.90. The van der Waals surface area contributed by atoms with Crippen molar-refractivity contribution in [3.63, 3.8) is 0 Å². The number of nitrogens with zero attached hydrogens (tertiary/aromatic N) is 1. The highest BCUT2D eigenvalue weighted by Gasteiger charge is 2.26. The fraction of sp³-hybridized carbons (Fsp3) is 1.00. The Hall–Kier alpha value is -0.120. The van der Waals surface area contributed by atoms with Crippen molar-refractivity contribution in [2.24, 2.45) is 11.8 Å². The Balaban J connectivity index is 2.18. The molecule has 2 atom stereocenters. The summed E-state index contributed by atoms with van der Waals surface area (Å²) in [6, 6.07) is 0.716. The van der Waals surface area contributed by atoms with Crippen molar-refractivity contribution >= 4 is 0 Å². The number of ether oxygens (including phenoxy) is 1. The average Bonchev–Trinajstić information content (AvgIpc) is 2.34. The standard InChI is InChI=1S/C14H30N2O/c1-5-13-10-16(7-6-14(13)15-4)8-9-17-11-12(2)3/h12-15H,5-11H2,1-4H3. The summed E-state index contributed by atoms with van der Waals surface area (Å²) in [6.07, 6.45) is 2.55. The Morgan fingerprint density at radius 1 is 1.41 bits per heavy atom. The van der Waals surface area contributed by atoms with Gasteiger partial charge in [-0.2, -0.15) is 0 Å². The van der Waals surface area contributed by atoms with Crippen molar-refractivity contribution in [1.29, 1.82) is 0 Å². The zero-order chi connectivity index (χ0) is 12.7. The van der Waals surface area contributed by atoms with E-state index in [1.165, 1.54) is 25.9 Å². The summed E-state index contributed by atoms with van der Waals surface area (Å²) in [5.41, 5.74) is 0. The molecule has 1 heterocycles. The molecule has 0 amide bonds. The molecule has 3 nitrogen and oxygen atoms in total. The predicted molar refractivity (Wildman–Crippen MR) is 73.3 cm³/mol. The molecule has 1 saturated heterocycles. The molecule has 0 aromatic carbocycles. The molecule has 17 heavy (non-hydrogen) atoms. The van der Waals surface area contributed by atoms with Gasteiger partial charge in [-0.15, -0.1) is 0 Å². The van der Waals surface area contributed by atoms with Gasteiger partial charge in [-0.05, 0) is 31.8 Å². The lowest BCUT2D eigenvalue weighted by Gasteiger charge is -2.38. The first-order chi connectivity index (χ1) is 8.17. The van der Waals surface area contributed by atoms with Crippen LogP contribution < -0.4 is 5.32 Å². The van der Waals surface area contributed by atoms with Crippen LogP contribution in [0.15, 0.2) is 0 Å². The van der Waals surface area contributed by atoms with Gasteiger partial charge in [0.2, 0.25) is 0 Å². The molecule has 1 fully saturated rings. The summed E-state index contributed by atoms with van der Waals surface area (Å²) in [5, 5.41) is 3.45. The Morgan fingerprint density at radius 3 is 2.76 bits per heavy atom. The Labute approximate surface area is 107 Å². The molecule has 1 aliphatic rings. The molecule has 102 valence electrons. The molecule has 1 aliphatic heterocycles. The maximum Gasteiger partial charge on any atom is 0.0593 e. The van der Waals surface area contributed by atoms with Crippen molar-refractivity contribution in [3.05, 3.63) is 0 Å². The molecule has 0 spiro atoms. The summed E-state index contributed by atoms with van der Waals surface area (Å²) in [5.74, 6) is 1.45. The third-order valence-electron chi connectivity index (χ3n) is 3.72. The molecule has 1 N–H and O–H groups in total. The van der Waals surface area contributed by atoms with Gasteiger partial charge in [-0.25, -0.2) is 0 Å². The smallest absolute Gasteiger partial charge is 0.0593 e. The van der Waals surface area contributed by atoms with Gasteiger partial charge >= 0.3 is 0 Å². The maximum atomic E-state index is 5.66. The topological polar surface area (TPSA) is 24.5 Å². The van der Waals surface area contributed by atoms with Crippen LogP contribution in [-0.4, -0.2) is 50.8 Å². The molecule has 0 aromatic heterocycles. The van der Waals surface area contributed by atoms with E-state index in [-0.39, 0.29) is 0 Å². The van der Waals surface area contributed by atoms with E-state index >= 15 is 0 Å². The van der Waals surface area contributed by atoms with Gasteiger partial charge < -0.3 is 15.0 Å². The van der Waals surface area contributed by atoms with Crippen LogP contribution in [0.5, 0.6) is 0 Å². The van der Waals surface area contributed by atoms with Crippen LogP contribution in [0.1, 0.15) is 33.6 Å². The molecule has 2 unspecified atom stereocenters. The predicted octanol–water partition coefficient (Wildman–Crippen LogP) is 1.98. The van der Waals surface area contributed by atoms with Crippen LogP contribution in [0.4, 0.5) is 0 Å². The number of likely N-dealkylation sites (tertiary alicyclic amines) is 1. The van der Waals surface area contributed by atoms with Gasteiger partial charge in [0.05, 0.1) is 6.61 Å². The van der Waals surface area contributed by atoms with Gasteiger partial charge in [0.25, 0.3) is 0 Å². The molecule has 0 aromatic rings. The fourth-order valence-corrected chi connectivity index (χ4v) is 2.62. The second-order valence-corrected chi connectivity index (χ2v) is 5.62. The minimum atomic E-state index is 0.647. The van der Waals surface area contributed by atoms with Gasteiger partial charge in [0.1, 0.15) is 0 Å². The van der Waals surface area contributed by atoms with Crippen LogP contribution in [0.25, 0.3) is 0 Å². The van der Waals surface area contributed by atoms with Crippen LogP contribution in [0.2, 0.25) is 0 Å². The van der Waals surface area contributed by atoms with E-state index < -0.39 is 0 Å². The first-order valence-electron chi connectivity index (χ1n) is 7.14. The van der Waals surface area contributed by atoms with Crippen LogP contribution in [0, 0.1) is 11.8 Å². The first-order valence-corrected chi connectivity index (χ1v) is 7.14. The summed E-state index contributed by atoms with van der Waals surface area (Å²) >= 11 is 0. The molecule has 3 heteroatoms. The Bertz CT molecular complexity index is 197. The number of hydrogen-bond donors (Lipinski definition) is 1. The third-order valence-corrected chi connectivity index (χ3v) is 3.72. The van der Waals surface area contributed by atoms with E-state index in [1.807, 2.05) is 0 Å². The van der Waals surface area contributed by atoms with Crippen LogP contribution >= 0.6 is 0 Å². The van der Waals surface area contributed by atoms with Gasteiger partial charge in [0.15, 0.2) is 0 Å². The molecular weight excluding hydrogens is 212 g/mol. The zero-order valence-corrected chi connectivity index (χ0v) is 12.0. The third kappa shape index (κ3) is 5.36. The van der Waals surface area contributed by atoms with E-state index in [1.54, 1.807) is 0 Å². The molecule has 0 radical (unpaired) electrons. The Kier molecular flexibility index (Phi) is 7.09. The second-order valence-electron chi connectivity index (χ2n) is 5.62. The molecule has 0 saturated carbocycles. The number of piperidine rings is 1. The van der Waals surface area contributed by atoms with Crippen molar-refractivity contribution in [2.45, 2.75) is 39.7 Å². The maximum absolute atomic E-state index is 5.66. The molecule has 0 aliphatic carbocycles. The molecule has 1 rings (SSSR count). The first kappa shape index (κ1) is 14.9. The summed E-state index contributed by atoms with van der Waals surface area (Å²) in [6.45, 7) is 12.0. The monoisotopic (exact) mass is 242 g/mol.